The quantitative estimate of drug-likeness (QED) is 0.813. The molecule has 0 radical (unpaired) electrons. The van der Waals surface area contributed by atoms with Crippen molar-refractivity contribution in [3.63, 3.8) is 0 Å². The standard InChI is InChI=1S/C18H18ClNO4/c1-12-3-8-16(23-2)15(9-12)20-17(21)11-24-18(22)10-13-4-6-14(19)7-5-13/h3-9H,10-11H2,1-2H3,(H,20,21). The zero-order valence-corrected chi connectivity index (χ0v) is 14.2. The van der Waals surface area contributed by atoms with Crippen molar-refractivity contribution in [3.05, 3.63) is 58.6 Å². The number of carbonyl (C=O) groups is 2. The number of nitrogens with one attached hydrogen (secondary N) is 1. The SMILES string of the molecule is COc1ccc(C)cc1NC(=O)COC(=O)Cc1ccc(Cl)cc1. The molecule has 0 unspecified atom stereocenters. The van der Waals surface area contributed by atoms with Crippen molar-refractivity contribution >= 4 is 29.2 Å². The maximum Gasteiger partial charge on any atom is 0.310 e. The van der Waals surface area contributed by atoms with E-state index < -0.39 is 11.9 Å². The fourth-order valence-electron chi connectivity index (χ4n) is 2.07. The van der Waals surface area contributed by atoms with Crippen molar-refractivity contribution in [2.75, 3.05) is 19.0 Å². The third kappa shape index (κ3) is 5.28. The Morgan fingerprint density at radius 2 is 1.83 bits per heavy atom. The predicted molar refractivity (Wildman–Crippen MR) is 92.5 cm³/mol. The summed E-state index contributed by atoms with van der Waals surface area (Å²) in [6.45, 7) is 1.55. The molecule has 0 bridgehead atoms. The van der Waals surface area contributed by atoms with Crippen LogP contribution in [0.15, 0.2) is 42.5 Å². The lowest BCUT2D eigenvalue weighted by molar-refractivity contribution is -0.146. The van der Waals surface area contributed by atoms with Crippen molar-refractivity contribution in [2.45, 2.75) is 13.3 Å². The Balaban J connectivity index is 1.85. The molecular weight excluding hydrogens is 330 g/mol. The number of hydrogen-bond donors (Lipinski definition) is 1. The first-order valence-corrected chi connectivity index (χ1v) is 7.70. The van der Waals surface area contributed by atoms with Crippen molar-refractivity contribution in [1.82, 2.24) is 0 Å². The highest BCUT2D eigenvalue weighted by Gasteiger charge is 2.11. The van der Waals surface area contributed by atoms with Gasteiger partial charge in [0.05, 0.1) is 19.2 Å². The zero-order valence-electron chi connectivity index (χ0n) is 13.5. The molecule has 24 heavy (non-hydrogen) atoms. The van der Waals surface area contributed by atoms with Gasteiger partial charge in [0.25, 0.3) is 5.91 Å². The monoisotopic (exact) mass is 347 g/mol. The van der Waals surface area contributed by atoms with Crippen LogP contribution in [0.1, 0.15) is 11.1 Å². The first kappa shape index (κ1) is 17.8. The Morgan fingerprint density at radius 1 is 1.12 bits per heavy atom. The lowest BCUT2D eigenvalue weighted by Gasteiger charge is -2.11. The average Bonchev–Trinajstić information content (AvgIpc) is 2.55. The van der Waals surface area contributed by atoms with Gasteiger partial charge in [-0.2, -0.15) is 0 Å². The molecule has 0 saturated heterocycles. The normalized spacial score (nSPS) is 10.1. The second kappa shape index (κ2) is 8.36. The molecule has 0 aliphatic heterocycles. The first-order valence-electron chi connectivity index (χ1n) is 7.32. The van der Waals surface area contributed by atoms with Crippen LogP contribution >= 0.6 is 11.6 Å². The summed E-state index contributed by atoms with van der Waals surface area (Å²) >= 11 is 5.78. The van der Waals surface area contributed by atoms with Crippen molar-refractivity contribution in [1.29, 1.82) is 0 Å². The van der Waals surface area contributed by atoms with Gasteiger partial charge in [0.1, 0.15) is 5.75 Å². The number of anilines is 1. The van der Waals surface area contributed by atoms with E-state index in [1.807, 2.05) is 13.0 Å². The van der Waals surface area contributed by atoms with Crippen molar-refractivity contribution < 1.29 is 19.1 Å². The molecule has 2 rings (SSSR count). The molecule has 0 saturated carbocycles. The third-order valence-corrected chi connectivity index (χ3v) is 3.51. The molecule has 5 nitrogen and oxygen atoms in total. The van der Waals surface area contributed by atoms with Crippen molar-refractivity contribution in [2.24, 2.45) is 0 Å². The topological polar surface area (TPSA) is 64.6 Å². The largest absolute Gasteiger partial charge is 0.495 e. The summed E-state index contributed by atoms with van der Waals surface area (Å²) in [6.07, 6.45) is 0.0816. The highest BCUT2D eigenvalue weighted by Crippen LogP contribution is 2.25. The molecule has 6 heteroatoms. The minimum absolute atomic E-state index is 0.0816. The minimum atomic E-state index is -0.483. The molecule has 1 amide bonds. The Kier molecular flexibility index (Phi) is 6.21. The molecule has 0 heterocycles. The van der Waals surface area contributed by atoms with E-state index in [0.29, 0.717) is 16.5 Å². The van der Waals surface area contributed by atoms with Crippen LogP contribution in [0.2, 0.25) is 5.02 Å². The number of methoxy groups -OCH3 is 1. The number of ether oxygens (including phenoxy) is 2. The van der Waals surface area contributed by atoms with E-state index in [-0.39, 0.29) is 13.0 Å². The summed E-state index contributed by atoms with van der Waals surface area (Å²) < 4.78 is 10.2. The van der Waals surface area contributed by atoms with Gasteiger partial charge in [-0.05, 0) is 42.3 Å². The number of benzene rings is 2. The lowest BCUT2D eigenvalue weighted by Crippen LogP contribution is -2.22. The van der Waals surface area contributed by atoms with Crippen LogP contribution in [0.5, 0.6) is 5.75 Å². The maximum absolute atomic E-state index is 11.9. The summed E-state index contributed by atoms with van der Waals surface area (Å²) in [5, 5.41) is 3.27. The van der Waals surface area contributed by atoms with E-state index in [1.54, 1.807) is 36.4 Å². The highest BCUT2D eigenvalue weighted by atomic mass is 35.5. The summed E-state index contributed by atoms with van der Waals surface area (Å²) in [7, 11) is 1.52. The molecule has 2 aromatic carbocycles. The molecular formula is C18H18ClNO4. The smallest absolute Gasteiger partial charge is 0.310 e. The Morgan fingerprint density at radius 3 is 2.50 bits per heavy atom. The van der Waals surface area contributed by atoms with Gasteiger partial charge in [-0.15, -0.1) is 0 Å². The second-order valence-electron chi connectivity index (χ2n) is 5.22. The van der Waals surface area contributed by atoms with Crippen LogP contribution in [0.3, 0.4) is 0 Å². The fourth-order valence-corrected chi connectivity index (χ4v) is 2.20. The van der Waals surface area contributed by atoms with Gasteiger partial charge in [-0.25, -0.2) is 0 Å². The number of halogens is 1. The maximum atomic E-state index is 11.9. The Bertz CT molecular complexity index is 728. The van der Waals surface area contributed by atoms with E-state index in [4.69, 9.17) is 21.1 Å². The first-order chi connectivity index (χ1) is 11.5. The number of esters is 1. The molecule has 0 spiro atoms. The molecule has 1 N–H and O–H groups in total. The average molecular weight is 348 g/mol. The molecule has 0 atom stereocenters. The summed E-state index contributed by atoms with van der Waals surface area (Å²) in [5.41, 5.74) is 2.28. The Labute approximate surface area is 145 Å². The number of hydrogen-bond acceptors (Lipinski definition) is 4. The van der Waals surface area contributed by atoms with Crippen LogP contribution in [0.4, 0.5) is 5.69 Å². The number of aryl methyl sites for hydroxylation is 1. The summed E-state index contributed by atoms with van der Waals surface area (Å²) in [4.78, 5) is 23.7. The second-order valence-corrected chi connectivity index (χ2v) is 5.65. The molecule has 0 fully saturated rings. The van der Waals surface area contributed by atoms with Crippen LogP contribution in [-0.4, -0.2) is 25.6 Å². The number of amides is 1. The van der Waals surface area contributed by atoms with Gasteiger partial charge in [-0.1, -0.05) is 29.8 Å². The molecule has 2 aromatic rings. The van der Waals surface area contributed by atoms with Gasteiger partial charge >= 0.3 is 5.97 Å². The van der Waals surface area contributed by atoms with Gasteiger partial charge in [0, 0.05) is 5.02 Å². The van der Waals surface area contributed by atoms with E-state index >= 15 is 0 Å². The highest BCUT2D eigenvalue weighted by molar-refractivity contribution is 6.30. The lowest BCUT2D eigenvalue weighted by atomic mass is 10.1. The van der Waals surface area contributed by atoms with Gasteiger partial charge in [0.2, 0.25) is 0 Å². The Hall–Kier alpha value is -2.53. The molecule has 126 valence electrons. The van der Waals surface area contributed by atoms with E-state index in [9.17, 15) is 9.59 Å². The van der Waals surface area contributed by atoms with Crippen LogP contribution < -0.4 is 10.1 Å². The van der Waals surface area contributed by atoms with Gasteiger partial charge in [0.15, 0.2) is 6.61 Å². The van der Waals surface area contributed by atoms with Crippen LogP contribution in [0, 0.1) is 6.92 Å². The minimum Gasteiger partial charge on any atom is -0.495 e. The van der Waals surface area contributed by atoms with E-state index in [2.05, 4.69) is 5.32 Å². The van der Waals surface area contributed by atoms with E-state index in [1.165, 1.54) is 7.11 Å². The third-order valence-electron chi connectivity index (χ3n) is 3.26. The van der Waals surface area contributed by atoms with Gasteiger partial charge in [-0.3, -0.25) is 9.59 Å². The summed E-state index contributed by atoms with van der Waals surface area (Å²) in [6, 6.07) is 12.3. The van der Waals surface area contributed by atoms with E-state index in [0.717, 1.165) is 11.1 Å². The molecule has 0 aliphatic rings. The fraction of sp³-hybridized carbons (Fsp3) is 0.222. The number of carbonyl (C=O) groups excluding carboxylic acids is 2. The van der Waals surface area contributed by atoms with Crippen LogP contribution in [-0.2, 0) is 20.7 Å². The summed E-state index contributed by atoms with van der Waals surface area (Å²) in [5.74, 6) is -0.367. The number of rotatable bonds is 6. The van der Waals surface area contributed by atoms with Crippen LogP contribution in [0.25, 0.3) is 0 Å². The predicted octanol–water partition coefficient (Wildman–Crippen LogP) is 3.38. The molecule has 0 aliphatic carbocycles. The molecule has 0 aromatic heterocycles. The van der Waals surface area contributed by atoms with Gasteiger partial charge < -0.3 is 14.8 Å². The van der Waals surface area contributed by atoms with Crippen molar-refractivity contribution in [3.8, 4) is 5.75 Å². The zero-order chi connectivity index (χ0) is 17.5.